The molecule has 1 fully saturated rings. The van der Waals surface area contributed by atoms with Crippen LogP contribution in [0.1, 0.15) is 23.6 Å². The minimum atomic E-state index is -0.0543. The molecule has 1 saturated heterocycles. The van der Waals surface area contributed by atoms with Crippen molar-refractivity contribution in [3.8, 4) is 0 Å². The number of benzene rings is 1. The zero-order valence-electron chi connectivity index (χ0n) is 8.16. The van der Waals surface area contributed by atoms with E-state index in [1.807, 2.05) is 0 Å². The SMILES string of the molecule is Cc1ccc(C2CC(C=O)NN2)cc1. The van der Waals surface area contributed by atoms with Crippen LogP contribution in [0.2, 0.25) is 0 Å². The van der Waals surface area contributed by atoms with Gasteiger partial charge in [0.05, 0.1) is 6.04 Å². The van der Waals surface area contributed by atoms with Gasteiger partial charge in [-0.15, -0.1) is 0 Å². The second kappa shape index (κ2) is 3.90. The molecule has 2 N–H and O–H groups in total. The Morgan fingerprint density at radius 3 is 2.57 bits per heavy atom. The average molecular weight is 190 g/mol. The van der Waals surface area contributed by atoms with Gasteiger partial charge >= 0.3 is 0 Å². The summed E-state index contributed by atoms with van der Waals surface area (Å²) < 4.78 is 0. The number of hydrogen-bond acceptors (Lipinski definition) is 3. The first-order chi connectivity index (χ1) is 6.79. The number of hydrazine groups is 1. The highest BCUT2D eigenvalue weighted by Crippen LogP contribution is 2.21. The summed E-state index contributed by atoms with van der Waals surface area (Å²) in [5.74, 6) is 0. The van der Waals surface area contributed by atoms with Crippen LogP contribution in [0.4, 0.5) is 0 Å². The number of aldehydes is 1. The van der Waals surface area contributed by atoms with Crippen molar-refractivity contribution >= 4 is 6.29 Å². The van der Waals surface area contributed by atoms with Crippen LogP contribution in [-0.2, 0) is 4.79 Å². The fraction of sp³-hybridized carbons (Fsp3) is 0.364. The molecule has 14 heavy (non-hydrogen) atoms. The highest BCUT2D eigenvalue weighted by Gasteiger charge is 2.23. The van der Waals surface area contributed by atoms with Gasteiger partial charge in [-0.25, -0.2) is 10.9 Å². The van der Waals surface area contributed by atoms with Gasteiger partial charge in [0.15, 0.2) is 0 Å². The topological polar surface area (TPSA) is 41.1 Å². The maximum absolute atomic E-state index is 10.5. The van der Waals surface area contributed by atoms with E-state index < -0.39 is 0 Å². The average Bonchev–Trinajstić information content (AvgIpc) is 2.67. The first-order valence-corrected chi connectivity index (χ1v) is 4.82. The monoisotopic (exact) mass is 190 g/mol. The summed E-state index contributed by atoms with van der Waals surface area (Å²) in [7, 11) is 0. The summed E-state index contributed by atoms with van der Waals surface area (Å²) in [5.41, 5.74) is 8.55. The highest BCUT2D eigenvalue weighted by atomic mass is 16.1. The first-order valence-electron chi connectivity index (χ1n) is 4.82. The Bertz CT molecular complexity index is 321. The first kappa shape index (κ1) is 9.37. The van der Waals surface area contributed by atoms with E-state index in [9.17, 15) is 4.79 Å². The lowest BCUT2D eigenvalue weighted by atomic mass is 10.0. The third-order valence-electron chi connectivity index (χ3n) is 2.58. The molecular weight excluding hydrogens is 176 g/mol. The van der Waals surface area contributed by atoms with Gasteiger partial charge in [0.2, 0.25) is 0 Å². The second-order valence-corrected chi connectivity index (χ2v) is 3.73. The molecule has 0 saturated carbocycles. The molecule has 1 aliphatic rings. The van der Waals surface area contributed by atoms with Crippen molar-refractivity contribution < 1.29 is 4.79 Å². The molecule has 0 spiro atoms. The van der Waals surface area contributed by atoms with E-state index in [2.05, 4.69) is 42.0 Å². The molecule has 0 aromatic heterocycles. The third kappa shape index (κ3) is 1.84. The largest absolute Gasteiger partial charge is 0.302 e. The van der Waals surface area contributed by atoms with Crippen LogP contribution in [0.5, 0.6) is 0 Å². The minimum Gasteiger partial charge on any atom is -0.302 e. The molecule has 1 aliphatic heterocycles. The van der Waals surface area contributed by atoms with Gasteiger partial charge in [0, 0.05) is 6.04 Å². The van der Waals surface area contributed by atoms with E-state index >= 15 is 0 Å². The van der Waals surface area contributed by atoms with E-state index in [0.717, 1.165) is 12.7 Å². The Morgan fingerprint density at radius 2 is 2.00 bits per heavy atom. The summed E-state index contributed by atoms with van der Waals surface area (Å²) in [4.78, 5) is 10.5. The van der Waals surface area contributed by atoms with Crippen molar-refractivity contribution in [3.63, 3.8) is 0 Å². The van der Waals surface area contributed by atoms with Crippen LogP contribution in [0, 0.1) is 6.92 Å². The van der Waals surface area contributed by atoms with E-state index in [4.69, 9.17) is 0 Å². The molecule has 0 aliphatic carbocycles. The number of hydrogen-bond donors (Lipinski definition) is 2. The molecular formula is C11H14N2O. The number of nitrogens with one attached hydrogen (secondary N) is 2. The smallest absolute Gasteiger partial charge is 0.138 e. The van der Waals surface area contributed by atoms with E-state index in [0.29, 0.717) is 0 Å². The van der Waals surface area contributed by atoms with Crippen LogP contribution in [0.15, 0.2) is 24.3 Å². The fourth-order valence-electron chi connectivity index (χ4n) is 1.69. The van der Waals surface area contributed by atoms with Crippen molar-refractivity contribution in [2.75, 3.05) is 0 Å². The zero-order valence-corrected chi connectivity index (χ0v) is 8.16. The maximum atomic E-state index is 10.5. The van der Waals surface area contributed by atoms with Gasteiger partial charge in [-0.2, -0.15) is 0 Å². The van der Waals surface area contributed by atoms with Crippen LogP contribution < -0.4 is 10.9 Å². The number of aryl methyl sites for hydroxylation is 1. The normalized spacial score (nSPS) is 26.4. The molecule has 2 atom stereocenters. The molecule has 1 heterocycles. The van der Waals surface area contributed by atoms with Crippen LogP contribution in [0.3, 0.4) is 0 Å². The predicted molar refractivity (Wildman–Crippen MR) is 54.7 cm³/mol. The van der Waals surface area contributed by atoms with E-state index in [1.165, 1.54) is 11.1 Å². The van der Waals surface area contributed by atoms with E-state index in [1.54, 1.807) is 0 Å². The van der Waals surface area contributed by atoms with Crippen molar-refractivity contribution in [2.45, 2.75) is 25.4 Å². The molecule has 2 rings (SSSR count). The maximum Gasteiger partial charge on any atom is 0.138 e. The molecule has 3 heteroatoms. The number of carbonyl (C=O) groups excluding carboxylic acids is 1. The predicted octanol–water partition coefficient (Wildman–Crippen LogP) is 1.10. The lowest BCUT2D eigenvalue weighted by Gasteiger charge is -2.09. The Morgan fingerprint density at radius 1 is 1.29 bits per heavy atom. The number of rotatable bonds is 2. The van der Waals surface area contributed by atoms with Gasteiger partial charge in [0.1, 0.15) is 6.29 Å². The molecule has 74 valence electrons. The third-order valence-corrected chi connectivity index (χ3v) is 2.58. The molecule has 2 unspecified atom stereocenters. The molecule has 3 nitrogen and oxygen atoms in total. The Labute approximate surface area is 83.5 Å². The molecule has 0 amide bonds. The van der Waals surface area contributed by atoms with Crippen LogP contribution >= 0.6 is 0 Å². The lowest BCUT2D eigenvalue weighted by molar-refractivity contribution is -0.109. The quantitative estimate of drug-likeness (QED) is 0.686. The fourth-order valence-corrected chi connectivity index (χ4v) is 1.69. The molecule has 0 radical (unpaired) electrons. The van der Waals surface area contributed by atoms with E-state index in [-0.39, 0.29) is 12.1 Å². The summed E-state index contributed by atoms with van der Waals surface area (Å²) >= 11 is 0. The minimum absolute atomic E-state index is 0.0543. The molecule has 0 bridgehead atoms. The number of carbonyl (C=O) groups is 1. The lowest BCUT2D eigenvalue weighted by Crippen LogP contribution is -2.31. The molecule has 1 aromatic carbocycles. The highest BCUT2D eigenvalue weighted by molar-refractivity contribution is 5.58. The van der Waals surface area contributed by atoms with Crippen molar-refractivity contribution in [3.05, 3.63) is 35.4 Å². The van der Waals surface area contributed by atoms with Gasteiger partial charge < -0.3 is 4.79 Å². The van der Waals surface area contributed by atoms with Crippen molar-refractivity contribution in [2.24, 2.45) is 0 Å². The van der Waals surface area contributed by atoms with Gasteiger partial charge in [-0.1, -0.05) is 29.8 Å². The van der Waals surface area contributed by atoms with Crippen LogP contribution in [-0.4, -0.2) is 12.3 Å². The summed E-state index contributed by atoms with van der Waals surface area (Å²) in [6, 6.07) is 8.58. The summed E-state index contributed by atoms with van der Waals surface area (Å²) in [6.45, 7) is 2.07. The van der Waals surface area contributed by atoms with Crippen molar-refractivity contribution in [1.29, 1.82) is 0 Å². The molecule has 1 aromatic rings. The standard InChI is InChI=1S/C11H14N2O/c1-8-2-4-9(5-3-8)11-6-10(7-14)12-13-11/h2-5,7,10-13H,6H2,1H3. The van der Waals surface area contributed by atoms with Crippen LogP contribution in [0.25, 0.3) is 0 Å². The summed E-state index contributed by atoms with van der Waals surface area (Å²) in [6.07, 6.45) is 1.77. The van der Waals surface area contributed by atoms with Gasteiger partial charge in [0.25, 0.3) is 0 Å². The van der Waals surface area contributed by atoms with Crippen molar-refractivity contribution in [1.82, 2.24) is 10.9 Å². The zero-order chi connectivity index (χ0) is 9.97. The van der Waals surface area contributed by atoms with Gasteiger partial charge in [-0.05, 0) is 18.9 Å². The van der Waals surface area contributed by atoms with Gasteiger partial charge in [-0.3, -0.25) is 0 Å². The second-order valence-electron chi connectivity index (χ2n) is 3.73. The Hall–Kier alpha value is -1.19. The Balaban J connectivity index is 2.09. The summed E-state index contributed by atoms with van der Waals surface area (Å²) in [5, 5.41) is 0. The Kier molecular flexibility index (Phi) is 2.61.